The molecule has 0 unspecified atom stereocenters. The Hall–Kier alpha value is -0.710. The maximum absolute atomic E-state index is 11.7. The number of allylic oxidation sites excluding steroid dienone is 1. The standard InChI is InChI=1S/C13H20O4/c1-4-5-10-6-9(14)7-11(16-10)12-8-15-13(2,3)17-12/h4-5,10-12H,6-8H2,1-3H3/b5-4+/t10-,11-,12+/m0/s1. The molecule has 17 heavy (non-hydrogen) atoms. The summed E-state index contributed by atoms with van der Waals surface area (Å²) in [5, 5.41) is 0. The molecule has 4 nitrogen and oxygen atoms in total. The number of rotatable bonds is 2. The van der Waals surface area contributed by atoms with Crippen LogP contribution in [0.4, 0.5) is 0 Å². The van der Waals surface area contributed by atoms with Crippen molar-refractivity contribution >= 4 is 5.78 Å². The Morgan fingerprint density at radius 1 is 1.29 bits per heavy atom. The van der Waals surface area contributed by atoms with Crippen LogP contribution in [0.15, 0.2) is 12.2 Å². The average molecular weight is 240 g/mol. The Morgan fingerprint density at radius 3 is 2.65 bits per heavy atom. The molecule has 96 valence electrons. The summed E-state index contributed by atoms with van der Waals surface area (Å²) in [6.07, 6.45) is 4.30. The molecule has 2 aliphatic rings. The van der Waals surface area contributed by atoms with Crippen molar-refractivity contribution in [1.82, 2.24) is 0 Å². The molecule has 4 heteroatoms. The Morgan fingerprint density at radius 2 is 2.06 bits per heavy atom. The molecule has 2 rings (SSSR count). The maximum atomic E-state index is 11.7. The van der Waals surface area contributed by atoms with Gasteiger partial charge in [-0.2, -0.15) is 0 Å². The first-order chi connectivity index (χ1) is 8.00. The molecule has 0 bridgehead atoms. The van der Waals surface area contributed by atoms with Crippen LogP contribution in [0.5, 0.6) is 0 Å². The molecule has 0 aromatic rings. The van der Waals surface area contributed by atoms with Crippen LogP contribution in [0.25, 0.3) is 0 Å². The Kier molecular flexibility index (Phi) is 3.66. The fourth-order valence-corrected chi connectivity index (χ4v) is 2.30. The molecule has 2 saturated heterocycles. The van der Waals surface area contributed by atoms with Crippen molar-refractivity contribution in [2.24, 2.45) is 0 Å². The molecule has 2 aliphatic heterocycles. The first-order valence-corrected chi connectivity index (χ1v) is 6.12. The van der Waals surface area contributed by atoms with Gasteiger partial charge >= 0.3 is 0 Å². The molecular formula is C13H20O4. The first-order valence-electron chi connectivity index (χ1n) is 6.12. The van der Waals surface area contributed by atoms with E-state index in [9.17, 15) is 4.79 Å². The average Bonchev–Trinajstić information content (AvgIpc) is 2.58. The summed E-state index contributed by atoms with van der Waals surface area (Å²) in [5.74, 6) is -0.331. The molecule has 0 aromatic carbocycles. The minimum Gasteiger partial charge on any atom is -0.367 e. The molecule has 2 heterocycles. The van der Waals surface area contributed by atoms with E-state index in [1.165, 1.54) is 0 Å². The molecule has 0 radical (unpaired) electrons. The third-order valence-corrected chi connectivity index (χ3v) is 3.06. The zero-order valence-corrected chi connectivity index (χ0v) is 10.6. The van der Waals surface area contributed by atoms with E-state index in [0.29, 0.717) is 19.4 Å². The van der Waals surface area contributed by atoms with Crippen molar-refractivity contribution < 1.29 is 19.0 Å². The zero-order chi connectivity index (χ0) is 12.5. The predicted molar refractivity (Wildman–Crippen MR) is 62.6 cm³/mol. The van der Waals surface area contributed by atoms with Gasteiger partial charge in [0.1, 0.15) is 11.9 Å². The van der Waals surface area contributed by atoms with Crippen LogP contribution >= 0.6 is 0 Å². The van der Waals surface area contributed by atoms with Crippen LogP contribution < -0.4 is 0 Å². The van der Waals surface area contributed by atoms with Gasteiger partial charge < -0.3 is 14.2 Å². The Balaban J connectivity index is 1.99. The van der Waals surface area contributed by atoms with E-state index >= 15 is 0 Å². The topological polar surface area (TPSA) is 44.8 Å². The number of carbonyl (C=O) groups is 1. The van der Waals surface area contributed by atoms with Crippen molar-refractivity contribution in [2.75, 3.05) is 6.61 Å². The lowest BCUT2D eigenvalue weighted by atomic mass is 9.99. The van der Waals surface area contributed by atoms with Crippen LogP contribution in [-0.2, 0) is 19.0 Å². The highest BCUT2D eigenvalue weighted by Crippen LogP contribution is 2.29. The van der Waals surface area contributed by atoms with Crippen LogP contribution in [-0.4, -0.2) is 36.5 Å². The van der Waals surface area contributed by atoms with Crippen molar-refractivity contribution in [3.63, 3.8) is 0 Å². The molecule has 0 spiro atoms. The summed E-state index contributed by atoms with van der Waals surface area (Å²) < 4.78 is 17.1. The van der Waals surface area contributed by atoms with Gasteiger partial charge in [-0.3, -0.25) is 4.79 Å². The number of Topliss-reactive ketones (excluding diaryl/α,β-unsaturated/α-hetero) is 1. The van der Waals surface area contributed by atoms with E-state index in [-0.39, 0.29) is 24.1 Å². The van der Waals surface area contributed by atoms with Crippen LogP contribution in [0.2, 0.25) is 0 Å². The van der Waals surface area contributed by atoms with E-state index in [4.69, 9.17) is 14.2 Å². The van der Waals surface area contributed by atoms with E-state index in [1.807, 2.05) is 32.9 Å². The Labute approximate surface area is 102 Å². The fraction of sp³-hybridized carbons (Fsp3) is 0.769. The van der Waals surface area contributed by atoms with Crippen molar-refractivity contribution in [3.8, 4) is 0 Å². The molecule has 0 aromatic heterocycles. The zero-order valence-electron chi connectivity index (χ0n) is 10.6. The summed E-state index contributed by atoms with van der Waals surface area (Å²) in [5.41, 5.74) is 0. The highest BCUT2D eigenvalue weighted by molar-refractivity contribution is 5.80. The third-order valence-electron chi connectivity index (χ3n) is 3.06. The number of hydrogen-bond acceptors (Lipinski definition) is 4. The monoisotopic (exact) mass is 240 g/mol. The second-order valence-corrected chi connectivity index (χ2v) is 5.05. The van der Waals surface area contributed by atoms with Crippen LogP contribution in [0, 0.1) is 0 Å². The SMILES string of the molecule is C/C=C/[C@H]1CC(=O)C[C@@H]([C@H]2COC(C)(C)O2)O1. The van der Waals surface area contributed by atoms with E-state index in [1.54, 1.807) is 0 Å². The predicted octanol–water partition coefficient (Wildman–Crippen LogP) is 1.83. The molecule has 0 saturated carbocycles. The number of ketones is 1. The largest absolute Gasteiger partial charge is 0.367 e. The van der Waals surface area contributed by atoms with Gasteiger partial charge in [0.05, 0.1) is 18.8 Å². The normalized spacial score (nSPS) is 37.8. The number of carbonyl (C=O) groups excluding carboxylic acids is 1. The molecule has 3 atom stereocenters. The second kappa shape index (κ2) is 4.88. The molecule has 0 amide bonds. The summed E-state index contributed by atoms with van der Waals surface area (Å²) in [7, 11) is 0. The van der Waals surface area contributed by atoms with Gasteiger partial charge in [0.25, 0.3) is 0 Å². The van der Waals surface area contributed by atoms with Gasteiger partial charge in [-0.05, 0) is 20.8 Å². The summed E-state index contributed by atoms with van der Waals surface area (Å²) in [6.45, 7) is 6.17. The highest BCUT2D eigenvalue weighted by atomic mass is 16.7. The van der Waals surface area contributed by atoms with Gasteiger partial charge in [0.2, 0.25) is 0 Å². The molecular weight excluding hydrogens is 220 g/mol. The fourth-order valence-electron chi connectivity index (χ4n) is 2.30. The van der Waals surface area contributed by atoms with Gasteiger partial charge in [-0.25, -0.2) is 0 Å². The molecule has 0 aliphatic carbocycles. The number of hydrogen-bond donors (Lipinski definition) is 0. The van der Waals surface area contributed by atoms with Crippen LogP contribution in [0.3, 0.4) is 0 Å². The number of ether oxygens (including phenoxy) is 3. The van der Waals surface area contributed by atoms with Crippen LogP contribution in [0.1, 0.15) is 33.6 Å². The molecule has 2 fully saturated rings. The highest BCUT2D eigenvalue weighted by Gasteiger charge is 2.41. The second-order valence-electron chi connectivity index (χ2n) is 5.05. The maximum Gasteiger partial charge on any atom is 0.163 e. The summed E-state index contributed by atoms with van der Waals surface area (Å²) in [4.78, 5) is 11.7. The quantitative estimate of drug-likeness (QED) is 0.691. The van der Waals surface area contributed by atoms with Gasteiger partial charge in [-0.1, -0.05) is 12.2 Å². The van der Waals surface area contributed by atoms with Gasteiger partial charge in [0.15, 0.2) is 5.79 Å². The van der Waals surface area contributed by atoms with E-state index in [0.717, 1.165) is 0 Å². The minimum absolute atomic E-state index is 0.112. The lowest BCUT2D eigenvalue weighted by molar-refractivity contribution is -0.169. The van der Waals surface area contributed by atoms with Crippen molar-refractivity contribution in [3.05, 3.63) is 12.2 Å². The van der Waals surface area contributed by atoms with Crippen molar-refractivity contribution in [2.45, 2.75) is 57.7 Å². The lowest BCUT2D eigenvalue weighted by Gasteiger charge is -2.31. The minimum atomic E-state index is -0.565. The Bertz CT molecular complexity index is 321. The summed E-state index contributed by atoms with van der Waals surface area (Å²) in [6, 6.07) is 0. The van der Waals surface area contributed by atoms with Gasteiger partial charge in [-0.15, -0.1) is 0 Å². The lowest BCUT2D eigenvalue weighted by Crippen LogP contribution is -2.41. The van der Waals surface area contributed by atoms with Gasteiger partial charge in [0, 0.05) is 12.8 Å². The first kappa shape index (κ1) is 12.7. The smallest absolute Gasteiger partial charge is 0.163 e. The molecule has 0 N–H and O–H groups in total. The van der Waals surface area contributed by atoms with E-state index < -0.39 is 5.79 Å². The van der Waals surface area contributed by atoms with E-state index in [2.05, 4.69) is 0 Å². The third kappa shape index (κ3) is 3.15. The summed E-state index contributed by atoms with van der Waals surface area (Å²) >= 11 is 0. The van der Waals surface area contributed by atoms with Crippen molar-refractivity contribution in [1.29, 1.82) is 0 Å².